The lowest BCUT2D eigenvalue weighted by Crippen LogP contribution is -2.30. The van der Waals surface area contributed by atoms with Crippen molar-refractivity contribution >= 4 is 17.9 Å². The number of hydrogen-bond acceptors (Lipinski definition) is 6. The molecule has 0 bridgehead atoms. The van der Waals surface area contributed by atoms with Crippen molar-refractivity contribution < 1.29 is 28.6 Å². The summed E-state index contributed by atoms with van der Waals surface area (Å²) >= 11 is 0. The molecule has 0 heterocycles. The first-order valence-corrected chi connectivity index (χ1v) is 28.6. The SMILES string of the molecule is CC/C=C\C/C=C\C/C=C\C/C=C\C/C=C\C/C=C\C/C=C\CCCC(=O)OCC(COC(=O)C/C=C\C/C=C\C/C=C\C/C=C\C/C=C\CC)OC(=O)CCCCCCCCC/C=C\C/C=C\CCCCC. The average Bonchev–Trinajstić information content (AvgIpc) is 3.39. The van der Waals surface area contributed by atoms with E-state index < -0.39 is 12.1 Å². The van der Waals surface area contributed by atoms with Gasteiger partial charge in [0.05, 0.1) is 6.42 Å². The molecule has 0 saturated carbocycles. The second-order valence-electron chi connectivity index (χ2n) is 18.1. The minimum Gasteiger partial charge on any atom is -0.462 e. The number of hydrogen-bond donors (Lipinski definition) is 0. The van der Waals surface area contributed by atoms with E-state index in [0.29, 0.717) is 6.42 Å². The Morgan fingerprint density at radius 3 is 1.00 bits per heavy atom. The predicted octanol–water partition coefficient (Wildman–Crippen LogP) is 19.5. The van der Waals surface area contributed by atoms with E-state index in [4.69, 9.17) is 14.2 Å². The summed E-state index contributed by atoms with van der Waals surface area (Å²) in [5.74, 6) is -1.15. The summed E-state index contributed by atoms with van der Waals surface area (Å²) in [7, 11) is 0. The van der Waals surface area contributed by atoms with Crippen molar-refractivity contribution in [1.82, 2.24) is 0 Å². The van der Waals surface area contributed by atoms with Crippen molar-refractivity contribution in [3.8, 4) is 0 Å². The average molecular weight is 1000 g/mol. The Morgan fingerprint density at radius 2 is 0.603 bits per heavy atom. The smallest absolute Gasteiger partial charge is 0.309 e. The number of unbranched alkanes of at least 4 members (excludes halogenated alkanes) is 11. The van der Waals surface area contributed by atoms with Crippen molar-refractivity contribution in [2.45, 2.75) is 219 Å². The van der Waals surface area contributed by atoms with Crippen LogP contribution in [0.1, 0.15) is 213 Å². The Balaban J connectivity index is 4.62. The number of allylic oxidation sites excluding steroid dienone is 27. The third-order valence-electron chi connectivity index (χ3n) is 11.2. The molecule has 1 atom stereocenters. The van der Waals surface area contributed by atoms with Gasteiger partial charge < -0.3 is 14.2 Å². The molecule has 0 saturated heterocycles. The Hall–Kier alpha value is -5.23. The summed E-state index contributed by atoms with van der Waals surface area (Å²) in [4.78, 5) is 38.1. The second-order valence-corrected chi connectivity index (χ2v) is 18.1. The molecule has 0 aromatic rings. The van der Waals surface area contributed by atoms with Gasteiger partial charge >= 0.3 is 17.9 Å². The lowest BCUT2D eigenvalue weighted by atomic mass is 10.1. The van der Waals surface area contributed by atoms with Crippen LogP contribution in [0.25, 0.3) is 0 Å². The molecule has 0 aliphatic rings. The summed E-state index contributed by atoms with van der Waals surface area (Å²) in [6.07, 6.45) is 88.0. The lowest BCUT2D eigenvalue weighted by molar-refractivity contribution is -0.166. The van der Waals surface area contributed by atoms with Crippen molar-refractivity contribution in [2.24, 2.45) is 0 Å². The van der Waals surface area contributed by atoms with Gasteiger partial charge in [0.25, 0.3) is 0 Å². The fourth-order valence-electron chi connectivity index (χ4n) is 7.00. The van der Waals surface area contributed by atoms with Crippen LogP contribution in [0.5, 0.6) is 0 Å². The Labute approximate surface area is 447 Å². The largest absolute Gasteiger partial charge is 0.462 e. The molecule has 6 nitrogen and oxygen atoms in total. The van der Waals surface area contributed by atoms with E-state index in [1.165, 1.54) is 44.9 Å². The van der Waals surface area contributed by atoms with E-state index in [1.807, 2.05) is 6.08 Å². The number of ether oxygens (including phenoxy) is 3. The number of carbonyl (C=O) groups excluding carboxylic acids is 3. The van der Waals surface area contributed by atoms with Crippen LogP contribution in [-0.2, 0) is 28.6 Å². The first kappa shape index (κ1) is 67.8. The number of rotatable bonds is 49. The number of esters is 3. The van der Waals surface area contributed by atoms with Crippen LogP contribution in [-0.4, -0.2) is 37.2 Å². The van der Waals surface area contributed by atoms with Crippen LogP contribution >= 0.6 is 0 Å². The molecule has 0 fully saturated rings. The van der Waals surface area contributed by atoms with Crippen molar-refractivity contribution in [2.75, 3.05) is 13.2 Å². The molecule has 0 aliphatic heterocycles. The van der Waals surface area contributed by atoms with E-state index >= 15 is 0 Å². The van der Waals surface area contributed by atoms with Gasteiger partial charge in [-0.2, -0.15) is 0 Å². The minimum absolute atomic E-state index is 0.106. The summed E-state index contributed by atoms with van der Waals surface area (Å²) < 4.78 is 16.7. The van der Waals surface area contributed by atoms with Gasteiger partial charge in [0.2, 0.25) is 0 Å². The van der Waals surface area contributed by atoms with Crippen LogP contribution in [0.2, 0.25) is 0 Å². The first-order valence-electron chi connectivity index (χ1n) is 28.6. The zero-order valence-electron chi connectivity index (χ0n) is 46.3. The van der Waals surface area contributed by atoms with Gasteiger partial charge in [-0.25, -0.2) is 0 Å². The summed E-state index contributed by atoms with van der Waals surface area (Å²) in [6, 6.07) is 0. The maximum atomic E-state index is 12.9. The highest BCUT2D eigenvalue weighted by Gasteiger charge is 2.19. The van der Waals surface area contributed by atoms with E-state index in [2.05, 4.69) is 179 Å². The third-order valence-corrected chi connectivity index (χ3v) is 11.2. The molecular weight excluding hydrogens is 901 g/mol. The molecule has 0 amide bonds. The molecule has 0 aliphatic carbocycles. The molecule has 1 unspecified atom stereocenters. The Morgan fingerprint density at radius 1 is 0.301 bits per heavy atom. The zero-order valence-corrected chi connectivity index (χ0v) is 46.3. The topological polar surface area (TPSA) is 78.9 Å². The molecule has 0 N–H and O–H groups in total. The van der Waals surface area contributed by atoms with Crippen molar-refractivity contribution in [3.63, 3.8) is 0 Å². The van der Waals surface area contributed by atoms with Crippen LogP contribution < -0.4 is 0 Å². The first-order chi connectivity index (χ1) is 36.0. The van der Waals surface area contributed by atoms with E-state index in [9.17, 15) is 14.4 Å². The highest BCUT2D eigenvalue weighted by Crippen LogP contribution is 2.12. The van der Waals surface area contributed by atoms with Gasteiger partial charge in [0, 0.05) is 12.8 Å². The van der Waals surface area contributed by atoms with Gasteiger partial charge in [-0.3, -0.25) is 14.4 Å². The third kappa shape index (κ3) is 57.5. The highest BCUT2D eigenvalue weighted by atomic mass is 16.6. The highest BCUT2D eigenvalue weighted by molar-refractivity contribution is 5.72. The van der Waals surface area contributed by atoms with Gasteiger partial charge in [-0.15, -0.1) is 0 Å². The monoisotopic (exact) mass is 1000 g/mol. The molecule has 406 valence electrons. The Bertz CT molecular complexity index is 1720. The number of carbonyl (C=O) groups is 3. The summed E-state index contributed by atoms with van der Waals surface area (Å²) in [6.45, 7) is 6.22. The van der Waals surface area contributed by atoms with Crippen molar-refractivity contribution in [3.05, 3.63) is 170 Å². The van der Waals surface area contributed by atoms with Crippen LogP contribution in [0.4, 0.5) is 0 Å². The maximum absolute atomic E-state index is 12.9. The van der Waals surface area contributed by atoms with Gasteiger partial charge in [-0.05, 0) is 128 Å². The van der Waals surface area contributed by atoms with Crippen LogP contribution in [0, 0.1) is 0 Å². The predicted molar refractivity (Wildman–Crippen MR) is 315 cm³/mol. The van der Waals surface area contributed by atoms with Gasteiger partial charge in [0.15, 0.2) is 6.10 Å². The molecular formula is C67H102O6. The zero-order chi connectivity index (χ0) is 52.9. The molecule has 0 aromatic carbocycles. The molecule has 73 heavy (non-hydrogen) atoms. The molecule has 6 heteroatoms. The van der Waals surface area contributed by atoms with Gasteiger partial charge in [0.1, 0.15) is 13.2 Å². The molecule has 0 rings (SSSR count). The fraction of sp³-hybridized carbons (Fsp3) is 0.537. The lowest BCUT2D eigenvalue weighted by Gasteiger charge is -2.18. The van der Waals surface area contributed by atoms with E-state index in [1.54, 1.807) is 6.08 Å². The van der Waals surface area contributed by atoms with Crippen LogP contribution in [0.15, 0.2) is 170 Å². The molecule has 0 aromatic heterocycles. The van der Waals surface area contributed by atoms with E-state index in [-0.39, 0.29) is 44.4 Å². The standard InChI is InChI=1S/C67H102O6/c1-4-7-10-13-16-19-22-25-28-30-31-32-33-34-35-37-39-42-45-48-51-54-57-60-66(69)72-63-64(62-71-65(68)59-56-53-50-47-44-41-38-27-24-21-18-15-12-9-6-3)73-67(70)61-58-55-52-49-46-43-40-36-29-26-23-20-17-14-11-8-5-2/h7,9-10,12,16-21,25-29,31-32,34-35,38-39,42,44,47-48,51,53,56,64H,4-6,8,11,13-15,22-24,30,33,36-37,40-41,43,45-46,49-50,52,54-55,57-63H2,1-3H3/b10-7-,12-9-,19-16-,20-17-,21-18-,28-25-,29-26-,32-31-,35-34-,38-27-,42-39-,47-44-,51-48-,56-53-. The van der Waals surface area contributed by atoms with E-state index in [0.717, 1.165) is 122 Å². The molecule has 0 spiro atoms. The minimum atomic E-state index is -0.856. The maximum Gasteiger partial charge on any atom is 0.309 e. The van der Waals surface area contributed by atoms with Crippen molar-refractivity contribution in [1.29, 1.82) is 0 Å². The quantitative estimate of drug-likeness (QED) is 0.0261. The van der Waals surface area contributed by atoms with Gasteiger partial charge in [-0.1, -0.05) is 236 Å². The summed E-state index contributed by atoms with van der Waals surface area (Å²) in [5.41, 5.74) is 0. The second kappa shape index (κ2) is 59.3. The van der Waals surface area contributed by atoms with Crippen LogP contribution in [0.3, 0.4) is 0 Å². The molecule has 0 radical (unpaired) electrons. The fourth-order valence-corrected chi connectivity index (χ4v) is 7.00. The Kier molecular flexibility index (Phi) is 55.1. The summed E-state index contributed by atoms with van der Waals surface area (Å²) in [5, 5.41) is 0. The normalized spacial score (nSPS) is 13.4.